The van der Waals surface area contributed by atoms with Gasteiger partial charge in [0.2, 0.25) is 0 Å². The Bertz CT molecular complexity index is 1390. The summed E-state index contributed by atoms with van der Waals surface area (Å²) in [6.45, 7) is 6.55. The molecule has 0 amide bonds. The highest BCUT2D eigenvalue weighted by Gasteiger charge is 2.19. The van der Waals surface area contributed by atoms with E-state index < -0.39 is 6.10 Å². The third-order valence-corrected chi connectivity index (χ3v) is 14.2. The lowest BCUT2D eigenvalue weighted by Gasteiger charge is -2.18. The molecule has 0 aromatic rings. The van der Waals surface area contributed by atoms with Crippen molar-refractivity contribution in [1.29, 1.82) is 0 Å². The largest absolute Gasteiger partial charge is 0.462 e. The van der Waals surface area contributed by atoms with E-state index >= 15 is 0 Å². The monoisotopic (exact) mass is 1050 g/mol. The zero-order valence-corrected chi connectivity index (χ0v) is 49.8. The van der Waals surface area contributed by atoms with Crippen LogP contribution in [0, 0.1) is 0 Å². The number of allylic oxidation sites excluding steroid dienone is 12. The summed E-state index contributed by atoms with van der Waals surface area (Å²) in [6.07, 6.45) is 81.9. The Balaban J connectivity index is 4.40. The number of ether oxygens (including phenoxy) is 3. The average Bonchev–Trinajstić information content (AvgIpc) is 3.41. The van der Waals surface area contributed by atoms with Crippen LogP contribution in [0.2, 0.25) is 0 Å². The van der Waals surface area contributed by atoms with Crippen molar-refractivity contribution in [2.45, 2.75) is 335 Å². The summed E-state index contributed by atoms with van der Waals surface area (Å²) in [5, 5.41) is 0. The molecule has 0 aliphatic rings. The molecule has 0 rings (SSSR count). The molecule has 0 aliphatic heterocycles. The van der Waals surface area contributed by atoms with Gasteiger partial charge in [0.05, 0.1) is 0 Å². The van der Waals surface area contributed by atoms with Crippen LogP contribution in [-0.4, -0.2) is 37.2 Å². The van der Waals surface area contributed by atoms with Gasteiger partial charge in [0, 0.05) is 19.3 Å². The summed E-state index contributed by atoms with van der Waals surface area (Å²) >= 11 is 0. The van der Waals surface area contributed by atoms with Gasteiger partial charge in [-0.15, -0.1) is 0 Å². The van der Waals surface area contributed by atoms with Crippen LogP contribution in [0.25, 0.3) is 0 Å². The number of hydrogen-bond acceptors (Lipinski definition) is 6. The molecule has 1 atom stereocenters. The van der Waals surface area contributed by atoms with Crippen LogP contribution in [0.4, 0.5) is 0 Å². The van der Waals surface area contributed by atoms with Crippen molar-refractivity contribution in [2.24, 2.45) is 0 Å². The van der Waals surface area contributed by atoms with Crippen molar-refractivity contribution in [3.63, 3.8) is 0 Å². The van der Waals surface area contributed by atoms with Gasteiger partial charge >= 0.3 is 17.9 Å². The Morgan fingerprint density at radius 3 is 0.827 bits per heavy atom. The normalized spacial score (nSPS) is 12.5. The topological polar surface area (TPSA) is 78.9 Å². The van der Waals surface area contributed by atoms with Gasteiger partial charge in [-0.25, -0.2) is 0 Å². The molecule has 0 aromatic carbocycles. The van der Waals surface area contributed by atoms with Crippen LogP contribution >= 0.6 is 0 Å². The molecule has 0 bridgehead atoms. The van der Waals surface area contributed by atoms with Gasteiger partial charge in [0.15, 0.2) is 6.10 Å². The zero-order chi connectivity index (χ0) is 54.3. The van der Waals surface area contributed by atoms with E-state index in [4.69, 9.17) is 14.2 Å². The third-order valence-electron chi connectivity index (χ3n) is 14.2. The van der Waals surface area contributed by atoms with E-state index in [0.29, 0.717) is 19.3 Å². The molecular formula is C69H122O6. The predicted molar refractivity (Wildman–Crippen MR) is 325 cm³/mol. The summed E-state index contributed by atoms with van der Waals surface area (Å²) in [5.41, 5.74) is 0. The van der Waals surface area contributed by atoms with E-state index in [2.05, 4.69) is 93.7 Å². The lowest BCUT2D eigenvalue weighted by Crippen LogP contribution is -2.30. The Hall–Kier alpha value is -3.15. The molecule has 75 heavy (non-hydrogen) atoms. The summed E-state index contributed by atoms with van der Waals surface area (Å²) in [7, 11) is 0. The van der Waals surface area contributed by atoms with Gasteiger partial charge in [-0.1, -0.05) is 293 Å². The molecule has 0 saturated heterocycles. The molecule has 0 aromatic heterocycles. The molecule has 0 aliphatic carbocycles. The maximum Gasteiger partial charge on any atom is 0.306 e. The Kier molecular flexibility index (Phi) is 60.7. The molecule has 0 heterocycles. The van der Waals surface area contributed by atoms with Gasteiger partial charge in [-0.2, -0.15) is 0 Å². The highest BCUT2D eigenvalue weighted by molar-refractivity contribution is 5.71. The van der Waals surface area contributed by atoms with Crippen LogP contribution in [-0.2, 0) is 28.6 Å². The molecule has 0 fully saturated rings. The standard InChI is InChI=1S/C69H122O6/c1-4-7-10-13-16-19-22-25-28-31-33-34-36-38-41-44-47-50-53-56-59-62-68(71)74-65-66(64-73-67(70)61-58-55-52-49-46-43-40-37-30-27-24-21-18-15-12-9-6-3)75-69(72)63-60-57-54-51-48-45-42-39-35-32-29-26-23-20-17-14-11-8-5-2/h7,10,16,19,25,27-28,30,33-34,38,41,66H,4-6,8-9,11-15,17-18,20-24,26,29,31-32,35-37,39-40,42-65H2,1-3H3/b10-7-,19-16-,28-25-,30-27-,34-33-,41-38-. The molecule has 6 nitrogen and oxygen atoms in total. The molecule has 0 N–H and O–H groups in total. The van der Waals surface area contributed by atoms with Crippen molar-refractivity contribution in [3.05, 3.63) is 72.9 Å². The van der Waals surface area contributed by atoms with Crippen LogP contribution < -0.4 is 0 Å². The number of carbonyl (C=O) groups is 3. The van der Waals surface area contributed by atoms with E-state index in [-0.39, 0.29) is 31.1 Å². The lowest BCUT2D eigenvalue weighted by molar-refractivity contribution is -0.167. The van der Waals surface area contributed by atoms with Gasteiger partial charge < -0.3 is 14.2 Å². The van der Waals surface area contributed by atoms with Crippen LogP contribution in [0.5, 0.6) is 0 Å². The Morgan fingerprint density at radius 2 is 0.520 bits per heavy atom. The fraction of sp³-hybridized carbons (Fsp3) is 0.783. The second-order valence-corrected chi connectivity index (χ2v) is 21.6. The summed E-state index contributed by atoms with van der Waals surface area (Å²) in [4.78, 5) is 38.4. The molecule has 434 valence electrons. The number of unbranched alkanes of at least 4 members (excludes halogenated alkanes) is 36. The van der Waals surface area contributed by atoms with E-state index in [0.717, 1.165) is 109 Å². The molecular weight excluding hydrogens is 925 g/mol. The minimum atomic E-state index is -0.785. The van der Waals surface area contributed by atoms with Crippen LogP contribution in [0.1, 0.15) is 329 Å². The van der Waals surface area contributed by atoms with E-state index in [1.54, 1.807) is 0 Å². The smallest absolute Gasteiger partial charge is 0.306 e. The fourth-order valence-corrected chi connectivity index (χ4v) is 9.35. The average molecular weight is 1050 g/mol. The molecule has 0 spiro atoms. The van der Waals surface area contributed by atoms with Gasteiger partial charge in [-0.05, 0) is 89.9 Å². The second-order valence-electron chi connectivity index (χ2n) is 21.6. The number of rotatable bonds is 59. The van der Waals surface area contributed by atoms with Gasteiger partial charge in [-0.3, -0.25) is 14.4 Å². The molecule has 0 radical (unpaired) electrons. The maximum absolute atomic E-state index is 12.9. The molecule has 0 saturated carbocycles. The summed E-state index contributed by atoms with van der Waals surface area (Å²) in [6, 6.07) is 0. The minimum absolute atomic E-state index is 0.0810. The summed E-state index contributed by atoms with van der Waals surface area (Å²) in [5.74, 6) is -0.886. The predicted octanol–water partition coefficient (Wildman–Crippen LogP) is 22.1. The maximum atomic E-state index is 12.9. The zero-order valence-electron chi connectivity index (χ0n) is 49.8. The first-order chi connectivity index (χ1) is 37.0. The highest BCUT2D eigenvalue weighted by Crippen LogP contribution is 2.17. The molecule has 1 unspecified atom stereocenters. The summed E-state index contributed by atoms with van der Waals surface area (Å²) < 4.78 is 16.9. The van der Waals surface area contributed by atoms with E-state index in [9.17, 15) is 14.4 Å². The quantitative estimate of drug-likeness (QED) is 0.0261. The minimum Gasteiger partial charge on any atom is -0.462 e. The fourth-order valence-electron chi connectivity index (χ4n) is 9.35. The van der Waals surface area contributed by atoms with Crippen molar-refractivity contribution < 1.29 is 28.6 Å². The SMILES string of the molecule is CC/C=C\C/C=C\C/C=C\C/C=C\C/C=C\CCCCCCCC(=O)OCC(COC(=O)CCCCCCCCC/C=C\CCCCCCCC)OC(=O)CCCCCCCCCCCCCCCCCCCCC. The third kappa shape index (κ3) is 61.6. The first kappa shape index (κ1) is 71.8. The lowest BCUT2D eigenvalue weighted by atomic mass is 10.0. The van der Waals surface area contributed by atoms with E-state index in [1.807, 2.05) is 0 Å². The van der Waals surface area contributed by atoms with Crippen molar-refractivity contribution in [2.75, 3.05) is 13.2 Å². The van der Waals surface area contributed by atoms with Crippen LogP contribution in [0.3, 0.4) is 0 Å². The number of hydrogen-bond donors (Lipinski definition) is 0. The Morgan fingerprint density at radius 1 is 0.280 bits per heavy atom. The van der Waals surface area contributed by atoms with Crippen LogP contribution in [0.15, 0.2) is 72.9 Å². The van der Waals surface area contributed by atoms with E-state index in [1.165, 1.54) is 180 Å². The van der Waals surface area contributed by atoms with Gasteiger partial charge in [0.25, 0.3) is 0 Å². The van der Waals surface area contributed by atoms with Crippen molar-refractivity contribution >= 4 is 17.9 Å². The number of esters is 3. The second kappa shape index (κ2) is 63.4. The first-order valence-corrected chi connectivity index (χ1v) is 32.4. The van der Waals surface area contributed by atoms with Crippen molar-refractivity contribution in [3.8, 4) is 0 Å². The molecule has 6 heteroatoms. The number of carbonyl (C=O) groups excluding carboxylic acids is 3. The Labute approximate surface area is 465 Å². The first-order valence-electron chi connectivity index (χ1n) is 32.4. The van der Waals surface area contributed by atoms with Crippen molar-refractivity contribution in [1.82, 2.24) is 0 Å². The highest BCUT2D eigenvalue weighted by atomic mass is 16.6. The van der Waals surface area contributed by atoms with Gasteiger partial charge in [0.1, 0.15) is 13.2 Å².